The van der Waals surface area contributed by atoms with Crippen LogP contribution in [-0.4, -0.2) is 24.2 Å². The lowest BCUT2D eigenvalue weighted by Gasteiger charge is -2.15. The fourth-order valence-corrected chi connectivity index (χ4v) is 1.77. The summed E-state index contributed by atoms with van der Waals surface area (Å²) in [5.41, 5.74) is -0.901. The van der Waals surface area contributed by atoms with Crippen LogP contribution in [0.1, 0.15) is 24.3 Å². The molecule has 2 atom stereocenters. The van der Waals surface area contributed by atoms with Crippen molar-refractivity contribution in [2.24, 2.45) is 0 Å². The lowest BCUT2D eigenvalue weighted by atomic mass is 10.1. The molecule has 5 nitrogen and oxygen atoms in total. The van der Waals surface area contributed by atoms with E-state index in [1.165, 1.54) is 7.11 Å². The molecule has 19 heavy (non-hydrogen) atoms. The SMILES string of the molecule is COc1cc(C(F)(F)F)cc([C@H]2OC(=O)N[C@H]2C)n1. The third-order valence-corrected chi connectivity index (χ3v) is 2.68. The second kappa shape index (κ2) is 4.60. The summed E-state index contributed by atoms with van der Waals surface area (Å²) >= 11 is 0. The van der Waals surface area contributed by atoms with Gasteiger partial charge in [-0.1, -0.05) is 0 Å². The molecule has 8 heteroatoms. The summed E-state index contributed by atoms with van der Waals surface area (Å²) in [4.78, 5) is 15.0. The van der Waals surface area contributed by atoms with Crippen molar-refractivity contribution in [3.63, 3.8) is 0 Å². The highest BCUT2D eigenvalue weighted by atomic mass is 19.4. The second-order valence-corrected chi connectivity index (χ2v) is 4.08. The van der Waals surface area contributed by atoms with Crippen LogP contribution in [-0.2, 0) is 10.9 Å². The van der Waals surface area contributed by atoms with Gasteiger partial charge >= 0.3 is 12.3 Å². The van der Waals surface area contributed by atoms with E-state index in [2.05, 4.69) is 10.3 Å². The standard InChI is InChI=1S/C11H11F3N2O3/c1-5-9(19-10(17)15-5)7-3-6(11(12,13)14)4-8(16-7)18-2/h3-5,9H,1-2H3,(H,15,17)/t5-,9-/m0/s1. The molecule has 0 bridgehead atoms. The molecule has 0 aromatic carbocycles. The van der Waals surface area contributed by atoms with Crippen molar-refractivity contribution in [2.45, 2.75) is 25.2 Å². The van der Waals surface area contributed by atoms with E-state index in [4.69, 9.17) is 9.47 Å². The summed E-state index contributed by atoms with van der Waals surface area (Å²) in [5.74, 6) is -0.181. The number of carbonyl (C=O) groups excluding carboxylic acids is 1. The Morgan fingerprint density at radius 1 is 1.42 bits per heavy atom. The maximum absolute atomic E-state index is 12.7. The molecular weight excluding hydrogens is 265 g/mol. The Bertz CT molecular complexity index is 504. The number of hydrogen-bond acceptors (Lipinski definition) is 4. The monoisotopic (exact) mass is 276 g/mol. The third-order valence-electron chi connectivity index (χ3n) is 2.68. The van der Waals surface area contributed by atoms with Crippen LogP contribution < -0.4 is 10.1 Å². The molecule has 1 aliphatic rings. The van der Waals surface area contributed by atoms with E-state index in [1.54, 1.807) is 6.92 Å². The lowest BCUT2D eigenvalue weighted by Crippen LogP contribution is -2.24. The van der Waals surface area contributed by atoms with Crippen LogP contribution in [0.5, 0.6) is 5.88 Å². The fourth-order valence-electron chi connectivity index (χ4n) is 1.77. The molecule has 1 aromatic heterocycles. The van der Waals surface area contributed by atoms with E-state index in [0.29, 0.717) is 0 Å². The molecule has 0 aliphatic carbocycles. The maximum atomic E-state index is 12.7. The average Bonchev–Trinajstić information content (AvgIpc) is 2.66. The van der Waals surface area contributed by atoms with Crippen LogP contribution in [0, 0.1) is 0 Å². The van der Waals surface area contributed by atoms with E-state index in [1.807, 2.05) is 0 Å². The number of carbonyl (C=O) groups is 1. The van der Waals surface area contributed by atoms with Crippen molar-refractivity contribution in [1.82, 2.24) is 10.3 Å². The minimum Gasteiger partial charge on any atom is -0.481 e. The van der Waals surface area contributed by atoms with Crippen molar-refractivity contribution in [1.29, 1.82) is 0 Å². The predicted molar refractivity (Wildman–Crippen MR) is 57.6 cm³/mol. The zero-order valence-corrected chi connectivity index (χ0v) is 10.1. The molecule has 0 spiro atoms. The van der Waals surface area contributed by atoms with Crippen molar-refractivity contribution < 1.29 is 27.4 Å². The molecule has 1 amide bonds. The summed E-state index contributed by atoms with van der Waals surface area (Å²) < 4.78 is 47.8. The number of amides is 1. The van der Waals surface area contributed by atoms with Gasteiger partial charge in [-0.25, -0.2) is 9.78 Å². The topological polar surface area (TPSA) is 60.5 Å². The van der Waals surface area contributed by atoms with E-state index >= 15 is 0 Å². The van der Waals surface area contributed by atoms with Crippen LogP contribution in [0.15, 0.2) is 12.1 Å². The number of cyclic esters (lactones) is 1. The first-order valence-corrected chi connectivity index (χ1v) is 5.41. The number of pyridine rings is 1. The number of halogens is 3. The van der Waals surface area contributed by atoms with Crippen LogP contribution >= 0.6 is 0 Å². The van der Waals surface area contributed by atoms with E-state index in [9.17, 15) is 18.0 Å². The third kappa shape index (κ3) is 2.72. The maximum Gasteiger partial charge on any atom is 0.416 e. The van der Waals surface area contributed by atoms with E-state index in [0.717, 1.165) is 12.1 Å². The Balaban J connectivity index is 2.43. The number of alkyl carbamates (subject to hydrolysis) is 1. The molecule has 0 saturated carbocycles. The molecule has 104 valence electrons. The quantitative estimate of drug-likeness (QED) is 0.900. The van der Waals surface area contributed by atoms with Crippen molar-refractivity contribution in [2.75, 3.05) is 7.11 Å². The van der Waals surface area contributed by atoms with Gasteiger partial charge in [0.25, 0.3) is 0 Å². The fraction of sp³-hybridized carbons (Fsp3) is 0.455. The Morgan fingerprint density at radius 2 is 2.11 bits per heavy atom. The molecule has 0 unspecified atom stereocenters. The van der Waals surface area contributed by atoms with Gasteiger partial charge in [-0.15, -0.1) is 0 Å². The van der Waals surface area contributed by atoms with Crippen molar-refractivity contribution in [3.8, 4) is 5.88 Å². The van der Waals surface area contributed by atoms with Crippen molar-refractivity contribution >= 4 is 6.09 Å². The number of nitrogens with one attached hydrogen (secondary N) is 1. The van der Waals surface area contributed by atoms with E-state index < -0.39 is 30.0 Å². The first-order valence-electron chi connectivity index (χ1n) is 5.41. The number of nitrogens with zero attached hydrogens (tertiary/aromatic N) is 1. The number of ether oxygens (including phenoxy) is 2. The Labute approximate surface area is 106 Å². The Morgan fingerprint density at radius 3 is 2.58 bits per heavy atom. The van der Waals surface area contributed by atoms with Crippen LogP contribution in [0.25, 0.3) is 0 Å². The molecule has 1 N–H and O–H groups in total. The molecule has 1 saturated heterocycles. The molecule has 1 aromatic rings. The van der Waals surface area contributed by atoms with Crippen molar-refractivity contribution in [3.05, 3.63) is 23.4 Å². The van der Waals surface area contributed by atoms with Gasteiger partial charge in [-0.3, -0.25) is 0 Å². The highest BCUT2D eigenvalue weighted by Crippen LogP contribution is 2.34. The van der Waals surface area contributed by atoms with Crippen LogP contribution in [0.2, 0.25) is 0 Å². The van der Waals surface area contributed by atoms with Gasteiger partial charge in [0.1, 0.15) is 0 Å². The van der Waals surface area contributed by atoms with Gasteiger partial charge in [0, 0.05) is 6.07 Å². The number of methoxy groups -OCH3 is 1. The first-order chi connectivity index (χ1) is 8.81. The molecule has 2 heterocycles. The van der Waals surface area contributed by atoms with Gasteiger partial charge < -0.3 is 14.8 Å². The second-order valence-electron chi connectivity index (χ2n) is 4.08. The summed E-state index contributed by atoms with van der Waals surface area (Å²) in [6.07, 6.45) is -6.08. The average molecular weight is 276 g/mol. The van der Waals surface area contributed by atoms with Gasteiger partial charge in [0.05, 0.1) is 24.4 Å². The molecule has 1 fully saturated rings. The molecule has 1 aliphatic heterocycles. The minimum atomic E-state index is -4.52. The highest BCUT2D eigenvalue weighted by molar-refractivity contribution is 5.70. The summed E-state index contributed by atoms with van der Waals surface area (Å²) in [7, 11) is 1.22. The molecule has 2 rings (SSSR count). The minimum absolute atomic E-state index is 0.00229. The van der Waals surface area contributed by atoms with Crippen LogP contribution in [0.4, 0.5) is 18.0 Å². The summed E-state index contributed by atoms with van der Waals surface area (Å²) in [5, 5.41) is 2.44. The predicted octanol–water partition coefficient (Wildman–Crippen LogP) is 2.28. The smallest absolute Gasteiger partial charge is 0.416 e. The highest BCUT2D eigenvalue weighted by Gasteiger charge is 2.37. The normalized spacial score (nSPS) is 22.9. The number of hydrogen-bond donors (Lipinski definition) is 1. The van der Waals surface area contributed by atoms with Gasteiger partial charge in [0.15, 0.2) is 6.10 Å². The summed E-state index contributed by atoms with van der Waals surface area (Å²) in [6.45, 7) is 1.62. The summed E-state index contributed by atoms with van der Waals surface area (Å²) in [6, 6.07) is 1.18. The Hall–Kier alpha value is -1.99. The van der Waals surface area contributed by atoms with Crippen LogP contribution in [0.3, 0.4) is 0 Å². The Kier molecular flexibility index (Phi) is 3.25. The zero-order valence-electron chi connectivity index (χ0n) is 10.1. The molecule has 0 radical (unpaired) electrons. The lowest BCUT2D eigenvalue weighted by molar-refractivity contribution is -0.137. The number of alkyl halides is 3. The number of aromatic nitrogens is 1. The molecular formula is C11H11F3N2O3. The van der Waals surface area contributed by atoms with Gasteiger partial charge in [0.2, 0.25) is 5.88 Å². The van der Waals surface area contributed by atoms with E-state index in [-0.39, 0.29) is 11.6 Å². The van der Waals surface area contributed by atoms with Gasteiger partial charge in [-0.2, -0.15) is 13.2 Å². The number of rotatable bonds is 2. The largest absolute Gasteiger partial charge is 0.481 e. The first kappa shape index (κ1) is 13.4. The zero-order chi connectivity index (χ0) is 14.2. The van der Waals surface area contributed by atoms with Gasteiger partial charge in [-0.05, 0) is 13.0 Å².